The van der Waals surface area contributed by atoms with Gasteiger partial charge in [0.25, 0.3) is 0 Å². The number of rotatable bonds is 4. The van der Waals surface area contributed by atoms with Crippen molar-refractivity contribution in [2.24, 2.45) is 0 Å². The second-order valence-corrected chi connectivity index (χ2v) is 6.72. The maximum atomic E-state index is 12.4. The third-order valence-corrected chi connectivity index (χ3v) is 5.22. The van der Waals surface area contributed by atoms with E-state index in [0.29, 0.717) is 0 Å². The molecule has 0 aromatic heterocycles. The van der Waals surface area contributed by atoms with Crippen LogP contribution in [0.25, 0.3) is 0 Å². The number of piperazine rings is 1. The first-order valence-corrected chi connectivity index (χ1v) is 8.87. The summed E-state index contributed by atoms with van der Waals surface area (Å²) in [4.78, 5) is 16.8. The van der Waals surface area contributed by atoms with Crippen LogP contribution in [0.5, 0.6) is 5.75 Å². The molecular formula is C16H23N3O2S. The maximum absolute atomic E-state index is 12.4. The summed E-state index contributed by atoms with van der Waals surface area (Å²) >= 11 is 1.80. The van der Waals surface area contributed by atoms with Crippen molar-refractivity contribution in [2.75, 3.05) is 44.9 Å². The third-order valence-electron chi connectivity index (χ3n) is 4.28. The van der Waals surface area contributed by atoms with Crippen molar-refractivity contribution in [1.82, 2.24) is 15.1 Å². The van der Waals surface area contributed by atoms with Crippen LogP contribution in [0.2, 0.25) is 0 Å². The second kappa shape index (κ2) is 7.35. The average Bonchev–Trinajstić information content (AvgIpc) is 3.10. The van der Waals surface area contributed by atoms with Gasteiger partial charge in [-0.15, -0.1) is 11.8 Å². The van der Waals surface area contributed by atoms with Crippen molar-refractivity contribution in [3.8, 4) is 5.75 Å². The van der Waals surface area contributed by atoms with Crippen LogP contribution in [0.1, 0.15) is 5.56 Å². The largest absolute Gasteiger partial charge is 0.496 e. The van der Waals surface area contributed by atoms with Gasteiger partial charge in [-0.3, -0.25) is 15.0 Å². The van der Waals surface area contributed by atoms with Crippen LogP contribution in [0.3, 0.4) is 0 Å². The maximum Gasteiger partial charge on any atom is 0.240 e. The van der Waals surface area contributed by atoms with Crippen molar-refractivity contribution >= 4 is 17.7 Å². The van der Waals surface area contributed by atoms with Crippen LogP contribution in [0, 0.1) is 0 Å². The predicted octanol–water partition coefficient (Wildman–Crippen LogP) is 1.00. The molecule has 2 aliphatic heterocycles. The minimum Gasteiger partial charge on any atom is -0.496 e. The number of benzene rings is 1. The number of nitrogens with zero attached hydrogens (tertiary/aromatic N) is 2. The predicted molar refractivity (Wildman–Crippen MR) is 89.1 cm³/mol. The highest BCUT2D eigenvalue weighted by molar-refractivity contribution is 7.99. The number of carbonyl (C=O) groups is 1. The molecule has 6 heteroatoms. The molecule has 120 valence electrons. The minimum absolute atomic E-state index is 0.0192. The molecule has 1 amide bonds. The highest BCUT2D eigenvalue weighted by Crippen LogP contribution is 2.20. The first-order valence-electron chi connectivity index (χ1n) is 7.72. The molecule has 0 aliphatic carbocycles. The normalized spacial score (nSPS) is 22.8. The van der Waals surface area contributed by atoms with Crippen LogP contribution < -0.4 is 10.1 Å². The molecule has 2 fully saturated rings. The van der Waals surface area contributed by atoms with Gasteiger partial charge in [-0.25, -0.2) is 0 Å². The molecule has 22 heavy (non-hydrogen) atoms. The third kappa shape index (κ3) is 3.56. The van der Waals surface area contributed by atoms with E-state index in [4.69, 9.17) is 4.74 Å². The summed E-state index contributed by atoms with van der Waals surface area (Å²) in [5, 5.41) is 3.26. The van der Waals surface area contributed by atoms with E-state index in [1.165, 1.54) is 5.56 Å². The fourth-order valence-electron chi connectivity index (χ4n) is 2.98. The molecule has 1 aromatic carbocycles. The van der Waals surface area contributed by atoms with E-state index in [9.17, 15) is 4.79 Å². The van der Waals surface area contributed by atoms with Crippen molar-refractivity contribution in [3.63, 3.8) is 0 Å². The molecule has 0 radical (unpaired) electrons. The number of amides is 1. The van der Waals surface area contributed by atoms with Crippen LogP contribution in [-0.4, -0.2) is 66.7 Å². The highest BCUT2D eigenvalue weighted by Gasteiger charge is 2.29. The van der Waals surface area contributed by atoms with Crippen LogP contribution >= 0.6 is 11.8 Å². The quantitative estimate of drug-likeness (QED) is 0.896. The Hall–Kier alpha value is -1.24. The van der Waals surface area contributed by atoms with E-state index in [0.717, 1.165) is 50.1 Å². The summed E-state index contributed by atoms with van der Waals surface area (Å²) in [5.74, 6) is 3.00. The van der Waals surface area contributed by atoms with Gasteiger partial charge in [0.05, 0.1) is 13.2 Å². The first kappa shape index (κ1) is 15.6. The van der Waals surface area contributed by atoms with Gasteiger partial charge in [0.2, 0.25) is 5.91 Å². The van der Waals surface area contributed by atoms with Crippen molar-refractivity contribution in [3.05, 3.63) is 29.8 Å². The molecule has 0 bridgehead atoms. The van der Waals surface area contributed by atoms with Gasteiger partial charge in [0.15, 0.2) is 0 Å². The van der Waals surface area contributed by atoms with E-state index in [-0.39, 0.29) is 11.9 Å². The topological polar surface area (TPSA) is 44.8 Å². The van der Waals surface area contributed by atoms with E-state index in [1.54, 1.807) is 18.9 Å². The molecule has 1 N–H and O–H groups in total. The van der Waals surface area contributed by atoms with Gasteiger partial charge < -0.3 is 9.64 Å². The summed E-state index contributed by atoms with van der Waals surface area (Å²) in [6.07, 6.45) is 0. The molecule has 0 spiro atoms. The Balaban J connectivity index is 1.52. The van der Waals surface area contributed by atoms with E-state index < -0.39 is 0 Å². The van der Waals surface area contributed by atoms with Crippen LogP contribution in [0.15, 0.2) is 24.3 Å². The number of methoxy groups -OCH3 is 1. The number of nitrogens with one attached hydrogen (secondary N) is 1. The lowest BCUT2D eigenvalue weighted by molar-refractivity contribution is -0.134. The SMILES string of the molecule is COc1ccccc1CN1CCN(C(=O)[C@H]2CSCN2)CC1. The molecule has 2 aliphatic rings. The zero-order chi connectivity index (χ0) is 15.4. The number of para-hydroxylation sites is 1. The van der Waals surface area contributed by atoms with Crippen LogP contribution in [-0.2, 0) is 11.3 Å². The number of hydrogen-bond donors (Lipinski definition) is 1. The number of hydrogen-bond acceptors (Lipinski definition) is 5. The number of thioether (sulfide) groups is 1. The van der Waals surface area contributed by atoms with Gasteiger partial charge in [0.1, 0.15) is 5.75 Å². The fraction of sp³-hybridized carbons (Fsp3) is 0.562. The molecular weight excluding hydrogens is 298 g/mol. The monoisotopic (exact) mass is 321 g/mol. The van der Waals surface area contributed by atoms with Gasteiger partial charge in [-0.2, -0.15) is 0 Å². The zero-order valence-corrected chi connectivity index (χ0v) is 13.8. The van der Waals surface area contributed by atoms with Gasteiger partial charge in [0, 0.05) is 49.9 Å². The lowest BCUT2D eigenvalue weighted by Crippen LogP contribution is -2.53. The molecule has 1 aromatic rings. The van der Waals surface area contributed by atoms with E-state index in [2.05, 4.69) is 16.3 Å². The van der Waals surface area contributed by atoms with Crippen molar-refractivity contribution < 1.29 is 9.53 Å². The Bertz CT molecular complexity index is 512. The Morgan fingerprint density at radius 2 is 2.09 bits per heavy atom. The molecule has 0 saturated carbocycles. The van der Waals surface area contributed by atoms with Gasteiger partial charge in [-0.05, 0) is 6.07 Å². The Morgan fingerprint density at radius 1 is 1.32 bits per heavy atom. The summed E-state index contributed by atoms with van der Waals surface area (Å²) in [5.41, 5.74) is 1.21. The highest BCUT2D eigenvalue weighted by atomic mass is 32.2. The molecule has 2 heterocycles. The Morgan fingerprint density at radius 3 is 2.77 bits per heavy atom. The molecule has 2 saturated heterocycles. The fourth-order valence-corrected chi connectivity index (χ4v) is 3.91. The summed E-state index contributed by atoms with van der Waals surface area (Å²) in [6.45, 7) is 4.35. The number of carbonyl (C=O) groups excluding carboxylic acids is 1. The molecule has 3 rings (SSSR count). The molecule has 5 nitrogen and oxygen atoms in total. The molecule has 0 unspecified atom stereocenters. The van der Waals surface area contributed by atoms with Crippen molar-refractivity contribution in [2.45, 2.75) is 12.6 Å². The summed E-state index contributed by atoms with van der Waals surface area (Å²) in [6, 6.07) is 8.16. The Kier molecular flexibility index (Phi) is 5.23. The standard InChI is InChI=1S/C16H23N3O2S/c1-21-15-5-3-2-4-13(15)10-18-6-8-19(9-7-18)16(20)14-11-22-12-17-14/h2-5,14,17H,6-12H2,1H3/t14-/m1/s1. The first-order chi connectivity index (χ1) is 10.8. The van der Waals surface area contributed by atoms with Crippen LogP contribution in [0.4, 0.5) is 0 Å². The van der Waals surface area contributed by atoms with E-state index in [1.807, 2.05) is 23.1 Å². The number of ether oxygens (including phenoxy) is 1. The molecule has 1 atom stereocenters. The lowest BCUT2D eigenvalue weighted by Gasteiger charge is -2.36. The van der Waals surface area contributed by atoms with Crippen molar-refractivity contribution in [1.29, 1.82) is 0 Å². The smallest absolute Gasteiger partial charge is 0.240 e. The average molecular weight is 321 g/mol. The minimum atomic E-state index is 0.0192. The van der Waals surface area contributed by atoms with Gasteiger partial charge in [-0.1, -0.05) is 18.2 Å². The Labute approximate surface area is 136 Å². The van der Waals surface area contributed by atoms with Gasteiger partial charge >= 0.3 is 0 Å². The summed E-state index contributed by atoms with van der Waals surface area (Å²) < 4.78 is 5.41. The zero-order valence-electron chi connectivity index (χ0n) is 13.0. The van der Waals surface area contributed by atoms with E-state index >= 15 is 0 Å². The lowest BCUT2D eigenvalue weighted by atomic mass is 10.1. The summed E-state index contributed by atoms with van der Waals surface area (Å²) in [7, 11) is 1.71. The second-order valence-electron chi connectivity index (χ2n) is 5.69.